The quantitative estimate of drug-likeness (QED) is 0.653. The molecule has 0 saturated heterocycles. The van der Waals surface area contributed by atoms with Crippen molar-refractivity contribution in [3.8, 4) is 5.75 Å². The summed E-state index contributed by atoms with van der Waals surface area (Å²) in [6.45, 7) is 4.72. The molecule has 0 radical (unpaired) electrons. The van der Waals surface area contributed by atoms with E-state index in [1.807, 2.05) is 18.2 Å². The van der Waals surface area contributed by atoms with Crippen LogP contribution in [0.15, 0.2) is 29.3 Å². The first-order valence-electron chi connectivity index (χ1n) is 8.27. The van der Waals surface area contributed by atoms with Gasteiger partial charge in [-0.15, -0.1) is 0 Å². The van der Waals surface area contributed by atoms with Crippen LogP contribution in [-0.4, -0.2) is 50.1 Å². The van der Waals surface area contributed by atoms with E-state index in [2.05, 4.69) is 35.5 Å². The highest BCUT2D eigenvalue weighted by Gasteiger charge is 2.33. The monoisotopic (exact) mass is 332 g/mol. The normalized spacial score (nSPS) is 19.0. The Balaban J connectivity index is 2.01. The number of carbonyl (C=O) groups excluding carboxylic acids is 1. The maximum atomic E-state index is 11.7. The first-order valence-corrected chi connectivity index (χ1v) is 8.27. The number of nitrogens with zero attached hydrogens (tertiary/aromatic N) is 2. The third-order valence-corrected chi connectivity index (χ3v) is 4.04. The Morgan fingerprint density at radius 3 is 2.75 bits per heavy atom. The van der Waals surface area contributed by atoms with Crippen molar-refractivity contribution < 1.29 is 9.53 Å². The van der Waals surface area contributed by atoms with E-state index >= 15 is 0 Å². The molecule has 0 aliphatic carbocycles. The molecule has 2 rings (SSSR count). The molecular weight excluding hydrogens is 304 g/mol. The number of rotatable bonds is 4. The number of hydrogen-bond donors (Lipinski definition) is 2. The number of carbonyl (C=O) groups is 1. The zero-order valence-corrected chi connectivity index (χ0v) is 15.2. The van der Waals surface area contributed by atoms with Gasteiger partial charge in [0.15, 0.2) is 5.96 Å². The van der Waals surface area contributed by atoms with Crippen LogP contribution in [0.4, 0.5) is 0 Å². The number of aliphatic imine (C=N–C) groups is 1. The number of hydrogen-bond acceptors (Lipinski definition) is 3. The van der Waals surface area contributed by atoms with Crippen LogP contribution in [0, 0.1) is 0 Å². The molecule has 0 fully saturated rings. The molecule has 1 aliphatic rings. The average molecular weight is 332 g/mol. The highest BCUT2D eigenvalue weighted by molar-refractivity contribution is 5.81. The lowest BCUT2D eigenvalue weighted by molar-refractivity contribution is -0.128. The highest BCUT2D eigenvalue weighted by atomic mass is 16.5. The van der Waals surface area contributed by atoms with E-state index in [0.29, 0.717) is 18.9 Å². The first kappa shape index (κ1) is 18.1. The number of benzene rings is 1. The molecule has 24 heavy (non-hydrogen) atoms. The molecule has 6 heteroatoms. The average Bonchev–Trinajstić information content (AvgIpc) is 2.52. The molecule has 0 aromatic heterocycles. The number of ether oxygens (including phenoxy) is 1. The molecule has 0 spiro atoms. The largest absolute Gasteiger partial charge is 0.487 e. The molecule has 132 valence electrons. The minimum Gasteiger partial charge on any atom is -0.487 e. The Bertz CT molecular complexity index is 611. The van der Waals surface area contributed by atoms with Gasteiger partial charge in [-0.3, -0.25) is 9.79 Å². The number of amides is 1. The predicted octanol–water partition coefficient (Wildman–Crippen LogP) is 1.93. The Morgan fingerprint density at radius 1 is 1.38 bits per heavy atom. The van der Waals surface area contributed by atoms with Crippen molar-refractivity contribution in [3.05, 3.63) is 29.8 Å². The molecule has 1 amide bonds. The fraction of sp³-hybridized carbons (Fsp3) is 0.556. The van der Waals surface area contributed by atoms with Crippen molar-refractivity contribution in [2.24, 2.45) is 4.99 Å². The first-order chi connectivity index (χ1) is 11.3. The SMILES string of the molecule is CN=C(NCCC(=O)N(C)C)NC1CC(C)(C)Oc2ccccc21. The van der Waals surface area contributed by atoms with Gasteiger partial charge in [0.05, 0.1) is 6.04 Å². The summed E-state index contributed by atoms with van der Waals surface area (Å²) in [6.07, 6.45) is 1.27. The third-order valence-electron chi connectivity index (χ3n) is 4.04. The summed E-state index contributed by atoms with van der Waals surface area (Å²) in [5.74, 6) is 1.69. The topological polar surface area (TPSA) is 66.0 Å². The molecule has 1 heterocycles. The van der Waals surface area contributed by atoms with E-state index in [4.69, 9.17) is 4.74 Å². The molecule has 0 bridgehead atoms. The summed E-state index contributed by atoms with van der Waals surface area (Å²) >= 11 is 0. The van der Waals surface area contributed by atoms with E-state index < -0.39 is 0 Å². The Morgan fingerprint density at radius 2 is 2.08 bits per heavy atom. The summed E-state index contributed by atoms with van der Waals surface area (Å²) in [7, 11) is 5.26. The molecule has 1 unspecified atom stereocenters. The second-order valence-electron chi connectivity index (χ2n) is 6.84. The van der Waals surface area contributed by atoms with Gasteiger partial charge in [-0.1, -0.05) is 18.2 Å². The summed E-state index contributed by atoms with van der Waals surface area (Å²) in [5.41, 5.74) is 0.885. The zero-order valence-electron chi connectivity index (χ0n) is 15.2. The van der Waals surface area contributed by atoms with Crippen molar-refractivity contribution >= 4 is 11.9 Å². The van der Waals surface area contributed by atoms with Crippen LogP contribution in [0.2, 0.25) is 0 Å². The standard InChI is InChI=1S/C18H28N4O2/c1-18(2)12-14(13-8-6-7-9-15(13)24-18)21-17(19-3)20-11-10-16(23)22(4)5/h6-9,14H,10-12H2,1-5H3,(H2,19,20,21). The summed E-state index contributed by atoms with van der Waals surface area (Å²) in [4.78, 5) is 17.5. The van der Waals surface area contributed by atoms with Crippen molar-refractivity contribution in [2.75, 3.05) is 27.7 Å². The van der Waals surface area contributed by atoms with Crippen LogP contribution in [-0.2, 0) is 4.79 Å². The molecule has 1 atom stereocenters. The second-order valence-corrected chi connectivity index (χ2v) is 6.84. The van der Waals surface area contributed by atoms with Gasteiger partial charge < -0.3 is 20.3 Å². The van der Waals surface area contributed by atoms with Gasteiger partial charge in [0.25, 0.3) is 0 Å². The van der Waals surface area contributed by atoms with Gasteiger partial charge in [0, 0.05) is 46.1 Å². The van der Waals surface area contributed by atoms with Gasteiger partial charge in [0.1, 0.15) is 11.4 Å². The lowest BCUT2D eigenvalue weighted by Gasteiger charge is -2.38. The molecule has 1 aromatic rings. The molecule has 1 aromatic carbocycles. The smallest absolute Gasteiger partial charge is 0.223 e. The highest BCUT2D eigenvalue weighted by Crippen LogP contribution is 2.39. The number of guanidine groups is 1. The zero-order chi connectivity index (χ0) is 17.7. The fourth-order valence-corrected chi connectivity index (χ4v) is 2.80. The molecule has 6 nitrogen and oxygen atoms in total. The van der Waals surface area contributed by atoms with Gasteiger partial charge in [-0.2, -0.15) is 0 Å². The molecule has 2 N–H and O–H groups in total. The molecular formula is C18H28N4O2. The maximum Gasteiger partial charge on any atom is 0.223 e. The predicted molar refractivity (Wildman–Crippen MR) is 96.3 cm³/mol. The van der Waals surface area contributed by atoms with E-state index in [0.717, 1.165) is 17.7 Å². The van der Waals surface area contributed by atoms with Crippen LogP contribution in [0.25, 0.3) is 0 Å². The van der Waals surface area contributed by atoms with Gasteiger partial charge in [-0.25, -0.2) is 0 Å². The fourth-order valence-electron chi connectivity index (χ4n) is 2.80. The molecule has 1 aliphatic heterocycles. The van der Waals surface area contributed by atoms with E-state index in [-0.39, 0.29) is 17.6 Å². The van der Waals surface area contributed by atoms with Gasteiger partial charge in [0.2, 0.25) is 5.91 Å². The number of para-hydroxylation sites is 1. The van der Waals surface area contributed by atoms with Crippen molar-refractivity contribution in [1.82, 2.24) is 15.5 Å². The second kappa shape index (κ2) is 7.55. The lowest BCUT2D eigenvalue weighted by Crippen LogP contribution is -2.45. The Kier molecular flexibility index (Phi) is 5.70. The van der Waals surface area contributed by atoms with Crippen molar-refractivity contribution in [1.29, 1.82) is 0 Å². The summed E-state index contributed by atoms with van der Waals surface area (Å²) < 4.78 is 6.05. The van der Waals surface area contributed by atoms with Crippen LogP contribution >= 0.6 is 0 Å². The minimum atomic E-state index is -0.244. The Hall–Kier alpha value is -2.24. The van der Waals surface area contributed by atoms with E-state index in [1.165, 1.54) is 0 Å². The minimum absolute atomic E-state index is 0.0931. The van der Waals surface area contributed by atoms with Crippen LogP contribution in [0.1, 0.15) is 38.3 Å². The van der Waals surface area contributed by atoms with E-state index in [1.54, 1.807) is 26.0 Å². The van der Waals surface area contributed by atoms with Crippen molar-refractivity contribution in [3.63, 3.8) is 0 Å². The van der Waals surface area contributed by atoms with Crippen LogP contribution in [0.3, 0.4) is 0 Å². The number of nitrogens with one attached hydrogen (secondary N) is 2. The van der Waals surface area contributed by atoms with Gasteiger partial charge in [-0.05, 0) is 19.9 Å². The lowest BCUT2D eigenvalue weighted by atomic mass is 9.90. The van der Waals surface area contributed by atoms with E-state index in [9.17, 15) is 4.79 Å². The summed E-state index contributed by atoms with van der Waals surface area (Å²) in [5, 5.41) is 6.67. The third kappa shape index (κ3) is 4.63. The Labute approximate surface area is 144 Å². The van der Waals surface area contributed by atoms with Crippen molar-refractivity contribution in [2.45, 2.75) is 38.3 Å². The van der Waals surface area contributed by atoms with Gasteiger partial charge >= 0.3 is 0 Å². The number of fused-ring (bicyclic) bond motifs is 1. The maximum absolute atomic E-state index is 11.7. The summed E-state index contributed by atoms with van der Waals surface area (Å²) in [6, 6.07) is 8.18. The van der Waals surface area contributed by atoms with Crippen LogP contribution in [0.5, 0.6) is 5.75 Å². The van der Waals surface area contributed by atoms with Crippen LogP contribution < -0.4 is 15.4 Å². The molecule has 0 saturated carbocycles.